The van der Waals surface area contributed by atoms with Crippen LogP contribution < -0.4 is 4.72 Å². The third-order valence-corrected chi connectivity index (χ3v) is 4.16. The van der Waals surface area contributed by atoms with Crippen LogP contribution in [0.3, 0.4) is 0 Å². The molecule has 0 spiro atoms. The maximum atomic E-state index is 12.2. The molecule has 0 atom stereocenters. The van der Waals surface area contributed by atoms with Crippen LogP contribution in [0.4, 0.5) is 11.4 Å². The molecule has 0 aliphatic carbocycles. The van der Waals surface area contributed by atoms with Crippen LogP contribution in [0.2, 0.25) is 0 Å². The summed E-state index contributed by atoms with van der Waals surface area (Å²) in [6, 6.07) is 9.04. The van der Waals surface area contributed by atoms with Crippen LogP contribution in [0.15, 0.2) is 47.4 Å². The van der Waals surface area contributed by atoms with Gasteiger partial charge in [-0.25, -0.2) is 8.42 Å². The maximum Gasteiger partial charge on any atom is 0.269 e. The van der Waals surface area contributed by atoms with Gasteiger partial charge < -0.3 is 5.11 Å². The van der Waals surface area contributed by atoms with E-state index in [1.807, 2.05) is 0 Å². The third-order valence-electron chi connectivity index (χ3n) is 2.79. The summed E-state index contributed by atoms with van der Waals surface area (Å²) in [7, 11) is -3.87. The van der Waals surface area contributed by atoms with E-state index in [9.17, 15) is 23.6 Å². The van der Waals surface area contributed by atoms with E-state index in [-0.39, 0.29) is 22.0 Å². The van der Waals surface area contributed by atoms with Gasteiger partial charge in [0, 0.05) is 18.2 Å². The molecule has 0 unspecified atom stereocenters. The van der Waals surface area contributed by atoms with Crippen LogP contribution in [-0.2, 0) is 10.0 Å². The number of aryl methyl sites for hydroxylation is 1. The van der Waals surface area contributed by atoms with E-state index in [1.54, 1.807) is 6.92 Å². The van der Waals surface area contributed by atoms with Crippen molar-refractivity contribution in [3.05, 3.63) is 58.1 Å². The van der Waals surface area contributed by atoms with E-state index in [1.165, 1.54) is 36.4 Å². The average molecular weight is 308 g/mol. The Morgan fingerprint density at radius 2 is 1.90 bits per heavy atom. The van der Waals surface area contributed by atoms with Gasteiger partial charge in [0.05, 0.1) is 15.5 Å². The highest BCUT2D eigenvalue weighted by atomic mass is 32.2. The maximum absolute atomic E-state index is 12.2. The number of nitrogens with zero attached hydrogens (tertiary/aromatic N) is 1. The second-order valence-corrected chi connectivity index (χ2v) is 6.04. The van der Waals surface area contributed by atoms with Crippen LogP contribution in [0.25, 0.3) is 0 Å². The van der Waals surface area contributed by atoms with Crippen molar-refractivity contribution in [2.45, 2.75) is 11.8 Å². The molecule has 0 radical (unpaired) electrons. The van der Waals surface area contributed by atoms with E-state index in [0.29, 0.717) is 5.56 Å². The Kier molecular flexibility index (Phi) is 3.81. The number of hydrogen-bond donors (Lipinski definition) is 2. The second kappa shape index (κ2) is 5.41. The summed E-state index contributed by atoms with van der Waals surface area (Å²) in [6.07, 6.45) is 0. The van der Waals surface area contributed by atoms with Gasteiger partial charge in [0.1, 0.15) is 5.75 Å². The van der Waals surface area contributed by atoms with Gasteiger partial charge in [0.2, 0.25) is 0 Å². The standard InChI is InChI=1S/C13H12N2O5S/c1-9-7-10(15(17)18)5-6-13(9)14-21(19,20)12-4-2-3-11(16)8-12/h2-8,14,16H,1H3. The molecule has 21 heavy (non-hydrogen) atoms. The molecule has 0 heterocycles. The SMILES string of the molecule is Cc1cc([N+](=O)[O-])ccc1NS(=O)(=O)c1cccc(O)c1. The summed E-state index contributed by atoms with van der Waals surface area (Å²) < 4.78 is 26.7. The number of anilines is 1. The average Bonchev–Trinajstić information content (AvgIpc) is 2.40. The second-order valence-electron chi connectivity index (χ2n) is 4.36. The molecule has 2 N–H and O–H groups in total. The minimum Gasteiger partial charge on any atom is -0.508 e. The molecule has 0 saturated carbocycles. The largest absolute Gasteiger partial charge is 0.508 e. The zero-order chi connectivity index (χ0) is 15.6. The van der Waals surface area contributed by atoms with Crippen LogP contribution in [0, 0.1) is 17.0 Å². The van der Waals surface area contributed by atoms with E-state index < -0.39 is 14.9 Å². The van der Waals surface area contributed by atoms with E-state index in [0.717, 1.165) is 6.07 Å². The number of phenolic OH excluding ortho intramolecular Hbond substituents is 1. The van der Waals surface area contributed by atoms with E-state index in [4.69, 9.17) is 0 Å². The predicted octanol–water partition coefficient (Wildman–Crippen LogP) is 2.41. The first-order valence-corrected chi connectivity index (χ1v) is 7.35. The Morgan fingerprint density at radius 3 is 2.48 bits per heavy atom. The lowest BCUT2D eigenvalue weighted by atomic mass is 10.2. The highest BCUT2D eigenvalue weighted by Crippen LogP contribution is 2.24. The molecule has 2 aromatic carbocycles. The van der Waals surface area contributed by atoms with Crippen molar-refractivity contribution in [1.82, 2.24) is 0 Å². The Balaban J connectivity index is 2.35. The fourth-order valence-electron chi connectivity index (χ4n) is 1.73. The number of hydrogen-bond acceptors (Lipinski definition) is 5. The quantitative estimate of drug-likeness (QED) is 0.665. The highest BCUT2D eigenvalue weighted by Gasteiger charge is 2.17. The number of sulfonamides is 1. The Labute approximate surface area is 121 Å². The Hall–Kier alpha value is -2.61. The van der Waals surface area contributed by atoms with Crippen LogP contribution in [-0.4, -0.2) is 18.4 Å². The van der Waals surface area contributed by atoms with Crippen molar-refractivity contribution in [2.75, 3.05) is 4.72 Å². The molecule has 2 rings (SSSR count). The molecule has 110 valence electrons. The van der Waals surface area contributed by atoms with Crippen LogP contribution >= 0.6 is 0 Å². The summed E-state index contributed by atoms with van der Waals surface area (Å²) in [4.78, 5) is 10.00. The fourth-order valence-corrected chi connectivity index (χ4v) is 2.90. The molecule has 8 heteroatoms. The molecule has 0 fully saturated rings. The number of nitro groups is 1. The van der Waals surface area contributed by atoms with Crippen molar-refractivity contribution in [3.63, 3.8) is 0 Å². The number of aromatic hydroxyl groups is 1. The summed E-state index contributed by atoms with van der Waals surface area (Å²) in [5.41, 5.74) is 0.546. The topological polar surface area (TPSA) is 110 Å². The summed E-state index contributed by atoms with van der Waals surface area (Å²) in [6.45, 7) is 1.56. The van der Waals surface area contributed by atoms with Gasteiger partial charge in [-0.3, -0.25) is 14.8 Å². The van der Waals surface area contributed by atoms with Gasteiger partial charge in [-0.15, -0.1) is 0 Å². The van der Waals surface area contributed by atoms with E-state index in [2.05, 4.69) is 4.72 Å². The minimum absolute atomic E-state index is 0.0970. The van der Waals surface area contributed by atoms with Gasteiger partial charge in [-0.2, -0.15) is 0 Å². The lowest BCUT2D eigenvalue weighted by Gasteiger charge is -2.10. The molecule has 0 saturated heterocycles. The predicted molar refractivity (Wildman–Crippen MR) is 76.7 cm³/mol. The van der Waals surface area contributed by atoms with Crippen molar-refractivity contribution < 1.29 is 18.4 Å². The molecule has 0 aromatic heterocycles. The molecule has 7 nitrogen and oxygen atoms in total. The molecule has 0 aliphatic rings. The zero-order valence-corrected chi connectivity index (χ0v) is 11.8. The van der Waals surface area contributed by atoms with Gasteiger partial charge in [-0.1, -0.05) is 6.07 Å². The highest BCUT2D eigenvalue weighted by molar-refractivity contribution is 7.92. The number of rotatable bonds is 4. The normalized spacial score (nSPS) is 11.1. The molecule has 2 aromatic rings. The molecule has 0 bridgehead atoms. The van der Waals surface area contributed by atoms with Gasteiger partial charge in [-0.05, 0) is 30.7 Å². The van der Waals surface area contributed by atoms with Gasteiger partial charge in [0.25, 0.3) is 15.7 Å². The Morgan fingerprint density at radius 1 is 1.19 bits per heavy atom. The molecular formula is C13H12N2O5S. The number of nitrogens with one attached hydrogen (secondary N) is 1. The number of non-ortho nitro benzene ring substituents is 1. The monoisotopic (exact) mass is 308 g/mol. The molecule has 0 amide bonds. The third kappa shape index (κ3) is 3.29. The first-order valence-electron chi connectivity index (χ1n) is 5.86. The van der Waals surface area contributed by atoms with Crippen LogP contribution in [0.5, 0.6) is 5.75 Å². The number of benzene rings is 2. The summed E-state index contributed by atoms with van der Waals surface area (Å²) >= 11 is 0. The summed E-state index contributed by atoms with van der Waals surface area (Å²) in [5, 5.41) is 20.0. The smallest absolute Gasteiger partial charge is 0.269 e. The number of phenols is 1. The van der Waals surface area contributed by atoms with Crippen molar-refractivity contribution in [2.24, 2.45) is 0 Å². The molecule has 0 aliphatic heterocycles. The van der Waals surface area contributed by atoms with Crippen molar-refractivity contribution >= 4 is 21.4 Å². The minimum atomic E-state index is -3.87. The van der Waals surface area contributed by atoms with Crippen LogP contribution in [0.1, 0.15) is 5.56 Å². The lowest BCUT2D eigenvalue weighted by molar-refractivity contribution is -0.384. The summed E-state index contributed by atoms with van der Waals surface area (Å²) in [5.74, 6) is -0.168. The molecular weight excluding hydrogens is 296 g/mol. The fraction of sp³-hybridized carbons (Fsp3) is 0.0769. The van der Waals surface area contributed by atoms with Crippen molar-refractivity contribution in [1.29, 1.82) is 0 Å². The van der Waals surface area contributed by atoms with Gasteiger partial charge in [0.15, 0.2) is 0 Å². The van der Waals surface area contributed by atoms with Gasteiger partial charge >= 0.3 is 0 Å². The van der Waals surface area contributed by atoms with E-state index >= 15 is 0 Å². The Bertz CT molecular complexity index is 802. The lowest BCUT2D eigenvalue weighted by Crippen LogP contribution is -2.13. The first kappa shape index (κ1) is 14.8. The first-order chi connectivity index (χ1) is 9.79. The zero-order valence-electron chi connectivity index (χ0n) is 11.0. The number of nitro benzene ring substituents is 1. The van der Waals surface area contributed by atoms with Crippen molar-refractivity contribution in [3.8, 4) is 5.75 Å².